The normalized spacial score (nSPS) is 11.3. The van der Waals surface area contributed by atoms with Gasteiger partial charge in [0.25, 0.3) is 0 Å². The number of esters is 1. The smallest absolute Gasteiger partial charge is 0.315 e. The molecule has 0 aliphatic heterocycles. The molecule has 0 atom stereocenters. The van der Waals surface area contributed by atoms with E-state index in [0.29, 0.717) is 16.7 Å². The predicted molar refractivity (Wildman–Crippen MR) is 66.1 cm³/mol. The van der Waals surface area contributed by atoms with Gasteiger partial charge in [-0.15, -0.1) is 0 Å². The van der Waals surface area contributed by atoms with Gasteiger partial charge < -0.3 is 4.74 Å². The van der Waals surface area contributed by atoms with Crippen molar-refractivity contribution in [1.82, 2.24) is 0 Å². The van der Waals surface area contributed by atoms with Gasteiger partial charge >= 0.3 is 5.97 Å². The fourth-order valence-corrected chi connectivity index (χ4v) is 1.61. The van der Waals surface area contributed by atoms with E-state index in [-0.39, 0.29) is 5.97 Å². The first-order valence-corrected chi connectivity index (χ1v) is 5.78. The van der Waals surface area contributed by atoms with E-state index in [0.717, 1.165) is 5.56 Å². The Bertz CT molecular complexity index is 400. The Kier molecular flexibility index (Phi) is 4.22. The second kappa shape index (κ2) is 5.07. The minimum Gasteiger partial charge on any atom is -0.465 e. The largest absolute Gasteiger partial charge is 0.465 e. The monoisotopic (exact) mass is 260 g/mol. The van der Waals surface area contributed by atoms with Gasteiger partial charge in [0, 0.05) is 0 Å². The van der Waals surface area contributed by atoms with Gasteiger partial charge in [0.2, 0.25) is 0 Å². The van der Waals surface area contributed by atoms with Crippen LogP contribution in [0.15, 0.2) is 18.2 Å². The molecule has 0 amide bonds. The van der Waals surface area contributed by atoms with Gasteiger partial charge in [0.05, 0.1) is 22.1 Å². The van der Waals surface area contributed by atoms with Crippen molar-refractivity contribution in [1.29, 1.82) is 0 Å². The molecule has 0 spiro atoms. The molecule has 88 valence electrons. The second-order valence-electron chi connectivity index (χ2n) is 3.97. The van der Waals surface area contributed by atoms with Crippen LogP contribution in [0.4, 0.5) is 0 Å². The van der Waals surface area contributed by atoms with Crippen LogP contribution in [0.1, 0.15) is 26.3 Å². The Labute approximate surface area is 106 Å². The molecule has 0 aliphatic rings. The fraction of sp³-hybridized carbons (Fsp3) is 0.417. The van der Waals surface area contributed by atoms with E-state index in [9.17, 15) is 4.79 Å². The third-order valence-electron chi connectivity index (χ3n) is 2.43. The predicted octanol–water partition coefficient (Wildman–Crippen LogP) is 3.83. The molecule has 0 aliphatic carbocycles. The highest BCUT2D eigenvalue weighted by Gasteiger charge is 2.31. The summed E-state index contributed by atoms with van der Waals surface area (Å²) < 4.78 is 5.02. The van der Waals surface area contributed by atoms with Gasteiger partial charge in [-0.25, -0.2) is 0 Å². The number of ether oxygens (including phenoxy) is 1. The van der Waals surface area contributed by atoms with E-state index in [2.05, 4.69) is 0 Å². The van der Waals surface area contributed by atoms with Crippen molar-refractivity contribution >= 4 is 29.2 Å². The summed E-state index contributed by atoms with van der Waals surface area (Å²) in [6.07, 6.45) is 0. The lowest BCUT2D eigenvalue weighted by Crippen LogP contribution is -2.31. The summed E-state index contributed by atoms with van der Waals surface area (Å²) in [7, 11) is 0. The Morgan fingerprint density at radius 2 is 1.94 bits per heavy atom. The van der Waals surface area contributed by atoms with Crippen LogP contribution in [0, 0.1) is 0 Å². The van der Waals surface area contributed by atoms with Crippen LogP contribution in [0.5, 0.6) is 0 Å². The molecule has 0 heterocycles. The average molecular weight is 261 g/mol. The van der Waals surface area contributed by atoms with Crippen LogP contribution < -0.4 is 0 Å². The maximum atomic E-state index is 11.8. The van der Waals surface area contributed by atoms with Crippen LogP contribution in [-0.4, -0.2) is 12.6 Å². The highest BCUT2D eigenvalue weighted by atomic mass is 35.5. The number of benzene rings is 1. The molecule has 0 bridgehead atoms. The van der Waals surface area contributed by atoms with Gasteiger partial charge in [-0.1, -0.05) is 29.3 Å². The Hall–Kier alpha value is -0.730. The first-order chi connectivity index (χ1) is 7.39. The molecule has 4 heteroatoms. The number of hydrogen-bond donors (Lipinski definition) is 0. The summed E-state index contributed by atoms with van der Waals surface area (Å²) in [5.74, 6) is -0.270. The van der Waals surface area contributed by atoms with E-state index >= 15 is 0 Å². The molecule has 0 unspecified atom stereocenters. The summed E-state index contributed by atoms with van der Waals surface area (Å²) in [6.45, 7) is 5.74. The number of halogens is 2. The summed E-state index contributed by atoms with van der Waals surface area (Å²) >= 11 is 11.7. The van der Waals surface area contributed by atoms with Crippen LogP contribution in [0.3, 0.4) is 0 Å². The molecular formula is C12H14Cl2O2. The van der Waals surface area contributed by atoms with Crippen molar-refractivity contribution in [3.05, 3.63) is 33.8 Å². The lowest BCUT2D eigenvalue weighted by molar-refractivity contribution is -0.148. The van der Waals surface area contributed by atoms with Crippen molar-refractivity contribution in [2.45, 2.75) is 26.2 Å². The van der Waals surface area contributed by atoms with E-state index in [1.165, 1.54) is 0 Å². The first kappa shape index (κ1) is 13.3. The topological polar surface area (TPSA) is 26.3 Å². The van der Waals surface area contributed by atoms with Crippen LogP contribution in [-0.2, 0) is 14.9 Å². The molecule has 1 rings (SSSR count). The van der Waals surface area contributed by atoms with Gasteiger partial charge in [-0.3, -0.25) is 4.79 Å². The number of carbonyl (C=O) groups is 1. The molecule has 0 aromatic heterocycles. The molecule has 1 aromatic rings. The molecule has 0 fully saturated rings. The summed E-state index contributed by atoms with van der Waals surface area (Å²) in [6, 6.07) is 5.16. The average Bonchev–Trinajstić information content (AvgIpc) is 2.22. The SMILES string of the molecule is CCOC(=O)C(C)(C)c1ccc(Cl)c(Cl)c1. The molecular weight excluding hydrogens is 247 g/mol. The number of hydrogen-bond acceptors (Lipinski definition) is 2. The zero-order chi connectivity index (χ0) is 12.3. The van der Waals surface area contributed by atoms with Crippen molar-refractivity contribution in [3.8, 4) is 0 Å². The number of rotatable bonds is 3. The van der Waals surface area contributed by atoms with Crippen molar-refractivity contribution < 1.29 is 9.53 Å². The lowest BCUT2D eigenvalue weighted by atomic mass is 9.85. The van der Waals surface area contributed by atoms with Gasteiger partial charge in [0.15, 0.2) is 0 Å². The van der Waals surface area contributed by atoms with Crippen molar-refractivity contribution in [2.75, 3.05) is 6.61 Å². The maximum absolute atomic E-state index is 11.8. The number of carbonyl (C=O) groups excluding carboxylic acids is 1. The van der Waals surface area contributed by atoms with Crippen molar-refractivity contribution in [2.24, 2.45) is 0 Å². The van der Waals surface area contributed by atoms with Crippen LogP contribution >= 0.6 is 23.2 Å². The van der Waals surface area contributed by atoms with Gasteiger partial charge in [-0.2, -0.15) is 0 Å². The standard InChI is InChI=1S/C12H14Cl2O2/c1-4-16-11(15)12(2,3)8-5-6-9(13)10(14)7-8/h5-7H,4H2,1-3H3. The van der Waals surface area contributed by atoms with Crippen LogP contribution in [0.25, 0.3) is 0 Å². The quantitative estimate of drug-likeness (QED) is 0.773. The molecule has 16 heavy (non-hydrogen) atoms. The summed E-state index contributed by atoms with van der Waals surface area (Å²) in [4.78, 5) is 11.8. The first-order valence-electron chi connectivity index (χ1n) is 5.02. The highest BCUT2D eigenvalue weighted by molar-refractivity contribution is 6.42. The Balaban J connectivity index is 3.06. The molecule has 0 saturated heterocycles. The Morgan fingerprint density at radius 1 is 1.31 bits per heavy atom. The third kappa shape index (κ3) is 2.69. The lowest BCUT2D eigenvalue weighted by Gasteiger charge is -2.23. The summed E-state index contributed by atoms with van der Waals surface area (Å²) in [5.41, 5.74) is 0.0740. The van der Waals surface area contributed by atoms with Gasteiger partial charge in [-0.05, 0) is 38.5 Å². The highest BCUT2D eigenvalue weighted by Crippen LogP contribution is 2.30. The third-order valence-corrected chi connectivity index (χ3v) is 3.17. The maximum Gasteiger partial charge on any atom is 0.315 e. The molecule has 0 N–H and O–H groups in total. The van der Waals surface area contributed by atoms with E-state index in [1.54, 1.807) is 39.0 Å². The zero-order valence-corrected chi connectivity index (χ0v) is 11.0. The second-order valence-corrected chi connectivity index (χ2v) is 4.79. The summed E-state index contributed by atoms with van der Waals surface area (Å²) in [5, 5.41) is 0.918. The van der Waals surface area contributed by atoms with E-state index in [4.69, 9.17) is 27.9 Å². The minimum atomic E-state index is -0.718. The van der Waals surface area contributed by atoms with E-state index < -0.39 is 5.41 Å². The Morgan fingerprint density at radius 3 is 2.44 bits per heavy atom. The van der Waals surface area contributed by atoms with Crippen LogP contribution in [0.2, 0.25) is 10.0 Å². The van der Waals surface area contributed by atoms with Gasteiger partial charge in [0.1, 0.15) is 0 Å². The van der Waals surface area contributed by atoms with Crippen molar-refractivity contribution in [3.63, 3.8) is 0 Å². The molecule has 1 aromatic carbocycles. The molecule has 0 saturated carbocycles. The fourth-order valence-electron chi connectivity index (χ4n) is 1.31. The zero-order valence-electron chi connectivity index (χ0n) is 9.51. The molecule has 2 nitrogen and oxygen atoms in total. The molecule has 0 radical (unpaired) electrons. The minimum absolute atomic E-state index is 0.270. The van der Waals surface area contributed by atoms with E-state index in [1.807, 2.05) is 0 Å².